The average molecular weight is 164 g/mol. The second kappa shape index (κ2) is 2.71. The normalized spacial score (nSPS) is 17.6. The van der Waals surface area contributed by atoms with Crippen molar-refractivity contribution in [2.45, 2.75) is 6.42 Å². The average Bonchev–Trinajstić information content (AvgIpc) is 2.12. The zero-order chi connectivity index (χ0) is 5.98. The molecule has 0 aromatic heterocycles. The molecule has 1 aliphatic carbocycles. The van der Waals surface area contributed by atoms with E-state index in [4.69, 9.17) is 22.2 Å². The predicted molar refractivity (Wildman–Crippen MR) is 39.3 cm³/mol. The molecule has 0 atom stereocenters. The fourth-order valence-corrected chi connectivity index (χ4v) is 1.92. The minimum atomic E-state index is -1.17. The van der Waals surface area contributed by atoms with E-state index in [-0.39, 0.29) is 0 Å². The maximum Gasteiger partial charge on any atom is 0.303 e. The molecule has 0 nitrogen and oxygen atoms in total. The summed E-state index contributed by atoms with van der Waals surface area (Å²) in [6.45, 7) is 0. The van der Waals surface area contributed by atoms with Crippen molar-refractivity contribution >= 4 is 29.6 Å². The molecule has 3 heteroatoms. The minimum Gasteiger partial charge on any atom is -0.140 e. The topological polar surface area (TPSA) is 0 Å². The third-order valence-electron chi connectivity index (χ3n) is 1.01. The van der Waals surface area contributed by atoms with Gasteiger partial charge in [0.05, 0.1) is 0 Å². The maximum absolute atomic E-state index is 5.64. The van der Waals surface area contributed by atoms with Gasteiger partial charge in [0.25, 0.3) is 0 Å². The van der Waals surface area contributed by atoms with Gasteiger partial charge in [-0.2, -0.15) is 0 Å². The van der Waals surface area contributed by atoms with E-state index in [9.17, 15) is 0 Å². The van der Waals surface area contributed by atoms with Gasteiger partial charge in [-0.3, -0.25) is 0 Å². The summed E-state index contributed by atoms with van der Waals surface area (Å²) in [5.41, 5.74) is 0. The van der Waals surface area contributed by atoms with Crippen molar-refractivity contribution < 1.29 is 0 Å². The molecule has 1 radical (unpaired) electrons. The van der Waals surface area contributed by atoms with Crippen molar-refractivity contribution in [2.24, 2.45) is 0 Å². The molecule has 1 rings (SSSR count). The Bertz CT molecular complexity index is 137. The van der Waals surface area contributed by atoms with Crippen molar-refractivity contribution in [3.63, 3.8) is 0 Å². The molecule has 1 aliphatic rings. The van der Waals surface area contributed by atoms with E-state index in [1.165, 1.54) is 5.20 Å². The van der Waals surface area contributed by atoms with E-state index in [2.05, 4.69) is 6.08 Å². The largest absolute Gasteiger partial charge is 0.303 e. The van der Waals surface area contributed by atoms with Crippen molar-refractivity contribution in [1.82, 2.24) is 0 Å². The summed E-state index contributed by atoms with van der Waals surface area (Å²) in [5.74, 6) is 0. The summed E-state index contributed by atoms with van der Waals surface area (Å²) in [6, 6.07) is 0. The maximum atomic E-state index is 5.64. The van der Waals surface area contributed by atoms with Gasteiger partial charge >= 0.3 is 7.42 Å². The number of halogens is 2. The molecule has 0 bridgehead atoms. The number of hydrogen-bond donors (Lipinski definition) is 0. The van der Waals surface area contributed by atoms with Gasteiger partial charge in [-0.05, 0) is 11.6 Å². The molecule has 0 aliphatic heterocycles. The van der Waals surface area contributed by atoms with Gasteiger partial charge in [0, 0.05) is 0 Å². The van der Waals surface area contributed by atoms with Crippen LogP contribution in [0.2, 0.25) is 0 Å². The molecule has 43 valence electrons. The molecule has 0 saturated carbocycles. The predicted octanol–water partition coefficient (Wildman–Crippen LogP) is 2.38. The highest BCUT2D eigenvalue weighted by molar-refractivity contribution is 7.37. The van der Waals surface area contributed by atoms with Gasteiger partial charge in [-0.1, -0.05) is 18.2 Å². The van der Waals surface area contributed by atoms with E-state index < -0.39 is 7.42 Å². The van der Waals surface area contributed by atoms with E-state index in [0.717, 1.165) is 6.42 Å². The van der Waals surface area contributed by atoms with Crippen LogP contribution in [0.15, 0.2) is 23.4 Å². The first-order valence-electron chi connectivity index (χ1n) is 2.35. The molecular weight excluding hydrogens is 159 g/mol. The van der Waals surface area contributed by atoms with Crippen molar-refractivity contribution in [3.05, 3.63) is 23.4 Å². The Hall–Kier alpha value is 0.277. The molecule has 0 heterocycles. The Balaban J connectivity index is 2.51. The Morgan fingerprint density at radius 2 is 2.25 bits per heavy atom. The van der Waals surface area contributed by atoms with E-state index in [0.29, 0.717) is 0 Å². The van der Waals surface area contributed by atoms with E-state index >= 15 is 0 Å². The van der Waals surface area contributed by atoms with Crippen LogP contribution < -0.4 is 0 Å². The zero-order valence-corrected chi connectivity index (χ0v) is 6.71. The summed E-state index contributed by atoms with van der Waals surface area (Å²) in [7, 11) is -1.17. The van der Waals surface area contributed by atoms with Gasteiger partial charge in [0.1, 0.15) is 0 Å². The molecule has 0 N–H and O–H groups in total. The summed E-state index contributed by atoms with van der Waals surface area (Å²) in [6.07, 6.45) is 7.01. The fraction of sp³-hybridized carbons (Fsp3) is 0.200. The number of rotatable bonds is 1. The molecule has 0 saturated heterocycles. The SMILES string of the molecule is Cl[Si](Cl)C1=CC=CC1. The first-order valence-corrected chi connectivity index (χ1v) is 5.87. The van der Waals surface area contributed by atoms with Gasteiger partial charge in [-0.25, -0.2) is 0 Å². The molecule has 8 heavy (non-hydrogen) atoms. The number of hydrogen-bond acceptors (Lipinski definition) is 0. The number of allylic oxidation sites excluding steroid dienone is 4. The summed E-state index contributed by atoms with van der Waals surface area (Å²) < 4.78 is 0. The quantitative estimate of drug-likeness (QED) is 0.412. The molecule has 0 amide bonds. The lowest BCUT2D eigenvalue weighted by molar-refractivity contribution is 1.40. The summed E-state index contributed by atoms with van der Waals surface area (Å²) >= 11 is 11.3. The van der Waals surface area contributed by atoms with Crippen LogP contribution >= 0.6 is 22.2 Å². The second-order valence-corrected chi connectivity index (χ2v) is 5.60. The molecular formula is C5H5Cl2Si. The third-order valence-corrected chi connectivity index (χ3v) is 3.33. The zero-order valence-electron chi connectivity index (χ0n) is 4.20. The standard InChI is InChI=1S/C5H5Cl2Si/c6-8(7)5-3-1-2-4-5/h1-3H,4H2. The highest BCUT2D eigenvalue weighted by Crippen LogP contribution is 2.18. The van der Waals surface area contributed by atoms with E-state index in [1.807, 2.05) is 12.2 Å². The van der Waals surface area contributed by atoms with Gasteiger partial charge in [-0.15, -0.1) is 22.2 Å². The van der Waals surface area contributed by atoms with Crippen molar-refractivity contribution in [1.29, 1.82) is 0 Å². The first-order chi connectivity index (χ1) is 3.80. The van der Waals surface area contributed by atoms with Crippen LogP contribution in [0.3, 0.4) is 0 Å². The summed E-state index contributed by atoms with van der Waals surface area (Å²) in [4.78, 5) is 0. The smallest absolute Gasteiger partial charge is 0.140 e. The van der Waals surface area contributed by atoms with Crippen LogP contribution in [-0.4, -0.2) is 7.42 Å². The lowest BCUT2D eigenvalue weighted by atomic mass is 10.5. The van der Waals surface area contributed by atoms with Crippen LogP contribution in [0.1, 0.15) is 6.42 Å². The van der Waals surface area contributed by atoms with Crippen molar-refractivity contribution in [2.75, 3.05) is 0 Å². The van der Waals surface area contributed by atoms with Gasteiger partial charge < -0.3 is 0 Å². The third kappa shape index (κ3) is 1.37. The van der Waals surface area contributed by atoms with Crippen LogP contribution in [0.25, 0.3) is 0 Å². The fourth-order valence-electron chi connectivity index (χ4n) is 0.587. The molecule has 0 aromatic carbocycles. The molecule has 0 unspecified atom stereocenters. The second-order valence-electron chi connectivity index (χ2n) is 1.58. The van der Waals surface area contributed by atoms with Crippen LogP contribution in [0, 0.1) is 0 Å². The highest BCUT2D eigenvalue weighted by Gasteiger charge is 2.10. The Kier molecular flexibility index (Phi) is 2.17. The summed E-state index contributed by atoms with van der Waals surface area (Å²) in [5, 5.41) is 1.19. The van der Waals surface area contributed by atoms with Crippen LogP contribution in [0.5, 0.6) is 0 Å². The highest BCUT2D eigenvalue weighted by atomic mass is 35.7. The first kappa shape index (κ1) is 6.40. The van der Waals surface area contributed by atoms with Crippen LogP contribution in [-0.2, 0) is 0 Å². The monoisotopic (exact) mass is 163 g/mol. The Labute approximate surface area is 59.8 Å². The lowest BCUT2D eigenvalue weighted by Gasteiger charge is -1.94. The Morgan fingerprint density at radius 3 is 2.50 bits per heavy atom. The van der Waals surface area contributed by atoms with Gasteiger partial charge in [0.2, 0.25) is 0 Å². The van der Waals surface area contributed by atoms with Crippen molar-refractivity contribution in [3.8, 4) is 0 Å². The van der Waals surface area contributed by atoms with E-state index in [1.54, 1.807) is 0 Å². The van der Waals surface area contributed by atoms with Gasteiger partial charge in [0.15, 0.2) is 0 Å². The minimum absolute atomic E-state index is 0.960. The molecule has 0 aromatic rings. The van der Waals surface area contributed by atoms with Crippen LogP contribution in [0.4, 0.5) is 0 Å². The molecule has 0 fully saturated rings. The Morgan fingerprint density at radius 1 is 1.50 bits per heavy atom. The molecule has 0 spiro atoms. The lowest BCUT2D eigenvalue weighted by Crippen LogP contribution is -1.95.